The second-order valence-corrected chi connectivity index (χ2v) is 5.82. The topological polar surface area (TPSA) is 12.0 Å². The van der Waals surface area contributed by atoms with Gasteiger partial charge in [0.25, 0.3) is 0 Å². The highest BCUT2D eigenvalue weighted by Gasteiger charge is 2.35. The molecule has 0 radical (unpaired) electrons. The van der Waals surface area contributed by atoms with E-state index in [0.717, 1.165) is 44.1 Å². The maximum atomic E-state index is 14.3. The molecule has 1 aliphatic heterocycles. The van der Waals surface area contributed by atoms with Crippen molar-refractivity contribution >= 4 is 0 Å². The maximum absolute atomic E-state index is 14.3. The van der Waals surface area contributed by atoms with E-state index in [2.05, 4.69) is 19.2 Å². The van der Waals surface area contributed by atoms with Crippen LogP contribution in [0.4, 0.5) is 4.39 Å². The summed E-state index contributed by atoms with van der Waals surface area (Å²) in [6.07, 6.45) is 5.09. The van der Waals surface area contributed by atoms with Gasteiger partial charge in [-0.3, -0.25) is 0 Å². The minimum absolute atomic E-state index is 0.160. The Balaban J connectivity index is 1.90. The Bertz CT molecular complexity index is 191. The number of rotatable bonds is 2. The lowest BCUT2D eigenvalue weighted by molar-refractivity contribution is 0.101. The zero-order valence-electron chi connectivity index (χ0n) is 10.0. The van der Waals surface area contributed by atoms with Crippen LogP contribution in [0, 0.1) is 17.8 Å². The lowest BCUT2D eigenvalue weighted by Gasteiger charge is -2.35. The average Bonchev–Trinajstić information content (AvgIpc) is 2.67. The summed E-state index contributed by atoms with van der Waals surface area (Å²) in [5.74, 6) is 1.76. The van der Waals surface area contributed by atoms with Gasteiger partial charge < -0.3 is 5.32 Å². The van der Waals surface area contributed by atoms with Gasteiger partial charge in [-0.05, 0) is 56.4 Å². The zero-order valence-corrected chi connectivity index (χ0v) is 10.0. The van der Waals surface area contributed by atoms with Crippen molar-refractivity contribution in [2.24, 2.45) is 17.8 Å². The van der Waals surface area contributed by atoms with Crippen molar-refractivity contribution in [1.82, 2.24) is 5.32 Å². The summed E-state index contributed by atoms with van der Waals surface area (Å²) in [7, 11) is 0. The highest BCUT2D eigenvalue weighted by molar-refractivity contribution is 4.89. The highest BCUT2D eigenvalue weighted by Crippen LogP contribution is 2.37. The summed E-state index contributed by atoms with van der Waals surface area (Å²) in [6.45, 7) is 5.57. The van der Waals surface area contributed by atoms with Gasteiger partial charge in [0.05, 0.1) is 0 Å². The van der Waals surface area contributed by atoms with Gasteiger partial charge in [0, 0.05) is 6.04 Å². The Morgan fingerprint density at radius 3 is 2.33 bits per heavy atom. The van der Waals surface area contributed by atoms with Crippen LogP contribution >= 0.6 is 0 Å². The van der Waals surface area contributed by atoms with Crippen LogP contribution in [0.3, 0.4) is 0 Å². The van der Waals surface area contributed by atoms with Crippen LogP contribution < -0.4 is 5.32 Å². The summed E-state index contributed by atoms with van der Waals surface area (Å²) in [4.78, 5) is 0. The fourth-order valence-corrected chi connectivity index (χ4v) is 3.58. The predicted octanol–water partition coefficient (Wildman–Crippen LogP) is 3.15. The molecule has 0 aromatic rings. The number of hydrogen-bond donors (Lipinski definition) is 1. The number of nitrogens with one attached hydrogen (secondary N) is 1. The van der Waals surface area contributed by atoms with E-state index in [-0.39, 0.29) is 6.04 Å². The third-order valence-corrected chi connectivity index (χ3v) is 4.15. The molecular weight excluding hydrogens is 189 g/mol. The van der Waals surface area contributed by atoms with Gasteiger partial charge in [-0.15, -0.1) is 0 Å². The van der Waals surface area contributed by atoms with Crippen LogP contribution in [-0.2, 0) is 0 Å². The van der Waals surface area contributed by atoms with Crippen molar-refractivity contribution in [2.45, 2.75) is 58.2 Å². The molecule has 0 aromatic carbocycles. The standard InChI is InChI=1S/C13H24FN/c1-9-6-10(2)8-11(7-9)13(14)12-4-3-5-15-12/h9-13,15H,3-8H2,1-2H3. The number of halogens is 1. The monoisotopic (exact) mass is 213 g/mol. The molecule has 2 heteroatoms. The Labute approximate surface area is 92.8 Å². The minimum atomic E-state index is -0.599. The lowest BCUT2D eigenvalue weighted by atomic mass is 9.73. The molecule has 1 aliphatic carbocycles. The molecule has 1 saturated heterocycles. The second kappa shape index (κ2) is 4.82. The maximum Gasteiger partial charge on any atom is 0.118 e. The van der Waals surface area contributed by atoms with Gasteiger partial charge in [0.1, 0.15) is 6.17 Å². The highest BCUT2D eigenvalue weighted by atomic mass is 19.1. The zero-order chi connectivity index (χ0) is 10.8. The van der Waals surface area contributed by atoms with E-state index in [1.54, 1.807) is 0 Å². The quantitative estimate of drug-likeness (QED) is 0.743. The Morgan fingerprint density at radius 2 is 1.80 bits per heavy atom. The van der Waals surface area contributed by atoms with Gasteiger partial charge in [0.2, 0.25) is 0 Å². The van der Waals surface area contributed by atoms with Gasteiger partial charge in [-0.1, -0.05) is 13.8 Å². The fourth-order valence-electron chi connectivity index (χ4n) is 3.58. The number of hydrogen-bond acceptors (Lipinski definition) is 1. The molecule has 4 unspecified atom stereocenters. The molecule has 2 aliphatic rings. The first kappa shape index (κ1) is 11.4. The molecule has 0 bridgehead atoms. The average molecular weight is 213 g/mol. The van der Waals surface area contributed by atoms with E-state index >= 15 is 0 Å². The van der Waals surface area contributed by atoms with Crippen molar-refractivity contribution in [3.63, 3.8) is 0 Å². The first-order chi connectivity index (χ1) is 7.16. The minimum Gasteiger partial charge on any atom is -0.311 e. The van der Waals surface area contributed by atoms with Crippen molar-refractivity contribution in [3.05, 3.63) is 0 Å². The molecule has 88 valence electrons. The van der Waals surface area contributed by atoms with E-state index < -0.39 is 6.17 Å². The summed E-state index contributed by atoms with van der Waals surface area (Å²) in [6, 6.07) is 0.160. The molecule has 1 nitrogen and oxygen atoms in total. The van der Waals surface area contributed by atoms with Crippen LogP contribution in [0.25, 0.3) is 0 Å². The van der Waals surface area contributed by atoms with Crippen molar-refractivity contribution in [1.29, 1.82) is 0 Å². The molecule has 15 heavy (non-hydrogen) atoms. The largest absolute Gasteiger partial charge is 0.311 e. The van der Waals surface area contributed by atoms with E-state index in [1.165, 1.54) is 6.42 Å². The molecule has 2 fully saturated rings. The molecular formula is C13H24FN. The van der Waals surface area contributed by atoms with E-state index in [4.69, 9.17) is 0 Å². The van der Waals surface area contributed by atoms with Crippen LogP contribution in [0.5, 0.6) is 0 Å². The Kier molecular flexibility index (Phi) is 3.65. The molecule has 0 spiro atoms. The molecule has 0 amide bonds. The third-order valence-electron chi connectivity index (χ3n) is 4.15. The molecule has 2 rings (SSSR count). The van der Waals surface area contributed by atoms with Crippen LogP contribution in [0.2, 0.25) is 0 Å². The fraction of sp³-hybridized carbons (Fsp3) is 1.00. The molecule has 0 aromatic heterocycles. The normalized spacial score (nSPS) is 44.2. The first-order valence-electron chi connectivity index (χ1n) is 6.54. The number of alkyl halides is 1. The van der Waals surface area contributed by atoms with Gasteiger partial charge >= 0.3 is 0 Å². The van der Waals surface area contributed by atoms with E-state index in [0.29, 0.717) is 5.92 Å². The van der Waals surface area contributed by atoms with Crippen LogP contribution in [-0.4, -0.2) is 18.8 Å². The molecule has 4 atom stereocenters. The van der Waals surface area contributed by atoms with Crippen LogP contribution in [0.1, 0.15) is 46.0 Å². The van der Waals surface area contributed by atoms with Crippen LogP contribution in [0.15, 0.2) is 0 Å². The van der Waals surface area contributed by atoms with Crippen molar-refractivity contribution in [2.75, 3.05) is 6.54 Å². The predicted molar refractivity (Wildman–Crippen MR) is 61.6 cm³/mol. The van der Waals surface area contributed by atoms with Crippen molar-refractivity contribution < 1.29 is 4.39 Å². The summed E-state index contributed by atoms with van der Waals surface area (Å²) in [5.41, 5.74) is 0. The molecule has 1 N–H and O–H groups in total. The smallest absolute Gasteiger partial charge is 0.118 e. The van der Waals surface area contributed by atoms with E-state index in [9.17, 15) is 4.39 Å². The van der Waals surface area contributed by atoms with Crippen molar-refractivity contribution in [3.8, 4) is 0 Å². The van der Waals surface area contributed by atoms with Gasteiger partial charge in [-0.2, -0.15) is 0 Å². The SMILES string of the molecule is CC1CC(C)CC(C(F)C2CCCN2)C1. The third kappa shape index (κ3) is 2.72. The Morgan fingerprint density at radius 1 is 1.13 bits per heavy atom. The molecule has 1 heterocycles. The summed E-state index contributed by atoms with van der Waals surface area (Å²) in [5, 5.41) is 3.31. The van der Waals surface area contributed by atoms with Gasteiger partial charge in [-0.25, -0.2) is 4.39 Å². The molecule has 1 saturated carbocycles. The first-order valence-corrected chi connectivity index (χ1v) is 6.54. The Hall–Kier alpha value is -0.110. The van der Waals surface area contributed by atoms with E-state index in [1.807, 2.05) is 0 Å². The lowest BCUT2D eigenvalue weighted by Crippen LogP contribution is -2.39. The summed E-state index contributed by atoms with van der Waals surface area (Å²) >= 11 is 0. The second-order valence-electron chi connectivity index (χ2n) is 5.82. The summed E-state index contributed by atoms with van der Waals surface area (Å²) < 4.78 is 14.3. The van der Waals surface area contributed by atoms with Gasteiger partial charge in [0.15, 0.2) is 0 Å².